The summed E-state index contributed by atoms with van der Waals surface area (Å²) in [7, 11) is -4.56. The number of carbonyl (C=O) groups excluding carboxylic acids is 2. The molecular formula is C48H64AsFN5O8P. The van der Waals surface area contributed by atoms with Gasteiger partial charge in [0.1, 0.15) is 6.10 Å². The maximum absolute atomic E-state index is 15.2. The molecule has 3 heterocycles. The van der Waals surface area contributed by atoms with Crippen molar-refractivity contribution in [3.63, 3.8) is 0 Å². The fourth-order valence-electron chi connectivity index (χ4n) is 7.85. The molecule has 1 aliphatic heterocycles. The SMILES string of the molecule is C#C[C@]1(CO[P@@](=O)(NC(Cc2ccccc2)C(=O)OC(CCC)CCC)Oc2ccccc2)O[C@@H](n2cnc3c([As])nc(F)nc32)C[C@@H]1OC(=O)CCCCCCCCCCCCC. The minimum atomic E-state index is -4.56. The Morgan fingerprint density at radius 3 is 2.19 bits per heavy atom. The number of hydrogen-bond acceptors (Lipinski definition) is 11. The van der Waals surface area contributed by atoms with Crippen LogP contribution in [-0.2, 0) is 39.3 Å². The van der Waals surface area contributed by atoms with Gasteiger partial charge in [0, 0.05) is 0 Å². The van der Waals surface area contributed by atoms with Crippen LogP contribution < -0.4 is 14.1 Å². The van der Waals surface area contributed by atoms with Crippen LogP contribution in [0.2, 0.25) is 0 Å². The average Bonchev–Trinajstić information content (AvgIpc) is 3.87. The first-order chi connectivity index (χ1) is 31.0. The molecule has 5 atom stereocenters. The predicted molar refractivity (Wildman–Crippen MR) is 245 cm³/mol. The number of hydrogen-bond donors (Lipinski definition) is 1. The van der Waals surface area contributed by atoms with E-state index in [1.165, 1.54) is 55.8 Å². The van der Waals surface area contributed by atoms with Gasteiger partial charge >= 0.3 is 196 Å². The first kappa shape index (κ1) is 50.9. The summed E-state index contributed by atoms with van der Waals surface area (Å²) >= 11 is 2.16. The summed E-state index contributed by atoms with van der Waals surface area (Å²) in [5.74, 6) is 1.74. The van der Waals surface area contributed by atoms with E-state index in [-0.39, 0.29) is 41.2 Å². The van der Waals surface area contributed by atoms with Crippen molar-refractivity contribution in [3.8, 4) is 18.1 Å². The molecule has 2 aromatic carbocycles. The number of aromatic nitrogens is 4. The van der Waals surface area contributed by atoms with Crippen molar-refractivity contribution in [1.82, 2.24) is 24.6 Å². The molecule has 2 aromatic heterocycles. The summed E-state index contributed by atoms with van der Waals surface area (Å²) in [5, 5.41) is 2.91. The van der Waals surface area contributed by atoms with Crippen LogP contribution in [0.25, 0.3) is 11.2 Å². The normalized spacial score (nSPS) is 18.7. The number of halogens is 1. The summed E-state index contributed by atoms with van der Waals surface area (Å²) in [6.45, 7) is 5.65. The van der Waals surface area contributed by atoms with E-state index in [0.29, 0.717) is 24.8 Å². The Morgan fingerprint density at radius 2 is 1.56 bits per heavy atom. The zero-order chi connectivity index (χ0) is 45.8. The Labute approximate surface area is 386 Å². The molecule has 1 aliphatic rings. The number of nitrogens with zero attached hydrogens (tertiary/aromatic N) is 4. The van der Waals surface area contributed by atoms with Gasteiger partial charge in [0.2, 0.25) is 0 Å². The molecule has 0 amide bonds. The third-order valence-corrected chi connectivity index (χ3v) is 13.5. The van der Waals surface area contributed by atoms with Gasteiger partial charge < -0.3 is 4.74 Å². The zero-order valence-electron chi connectivity index (χ0n) is 37.5. The van der Waals surface area contributed by atoms with Crippen LogP contribution in [-0.4, -0.2) is 78.8 Å². The minimum absolute atomic E-state index is 0.000973. The van der Waals surface area contributed by atoms with E-state index in [0.717, 1.165) is 37.7 Å². The van der Waals surface area contributed by atoms with Gasteiger partial charge in [-0.25, -0.2) is 0 Å². The first-order valence-corrected chi connectivity index (χ1v) is 25.5. The van der Waals surface area contributed by atoms with Crippen LogP contribution in [0.15, 0.2) is 67.0 Å². The Balaban J connectivity index is 1.38. The number of fused-ring (bicyclic) bond motifs is 1. The van der Waals surface area contributed by atoms with Gasteiger partial charge in [-0.3, -0.25) is 4.79 Å². The molecule has 346 valence electrons. The standard InChI is InChI=1S/C48H64AsFN5O8P/c1-5-9-10-11-12-13-14-15-16-17-24-31-42(56)61-40-33-41(55-35-51-43-44(49)52-47(50)53-45(43)55)62-48(40,8-4)34-59-64(58,63-38-29-22-19-23-30-38)54-39(32-36-27-20-18-21-28-36)46(57)60-37(25-6-2)26-7-3/h4,18-23,27-30,35,37,39-41H,5-7,9-17,24-26,31-34H2,1-3H3,(H,54,58)/t39?,40-,41+,48+,64-/m0/s1. The Kier molecular flexibility index (Phi) is 20.8. The van der Waals surface area contributed by atoms with E-state index in [1.54, 1.807) is 30.3 Å². The molecule has 1 fully saturated rings. The van der Waals surface area contributed by atoms with Gasteiger partial charge in [0.25, 0.3) is 0 Å². The summed E-state index contributed by atoms with van der Waals surface area (Å²) in [6.07, 6.45) is 19.9. The van der Waals surface area contributed by atoms with Crippen molar-refractivity contribution >= 4 is 52.2 Å². The molecule has 0 aliphatic carbocycles. The summed E-state index contributed by atoms with van der Waals surface area (Å²) in [4.78, 5) is 39.7. The first-order valence-electron chi connectivity index (χ1n) is 23.0. The van der Waals surface area contributed by atoms with Crippen LogP contribution in [0.5, 0.6) is 5.75 Å². The maximum atomic E-state index is 15.2. The van der Waals surface area contributed by atoms with Crippen LogP contribution in [0.4, 0.5) is 4.39 Å². The number of ether oxygens (including phenoxy) is 3. The van der Waals surface area contributed by atoms with Crippen LogP contribution in [0.1, 0.15) is 142 Å². The topological polar surface area (TPSA) is 153 Å². The van der Waals surface area contributed by atoms with Gasteiger partial charge in [-0.05, 0) is 37.0 Å². The number of carbonyl (C=O) groups is 2. The second-order valence-electron chi connectivity index (χ2n) is 16.4. The number of benzene rings is 2. The predicted octanol–water partition coefficient (Wildman–Crippen LogP) is 9.58. The number of rotatable bonds is 29. The van der Waals surface area contributed by atoms with E-state index in [2.05, 4.69) is 49.7 Å². The van der Waals surface area contributed by atoms with E-state index >= 15 is 4.57 Å². The Bertz CT molecular complexity index is 2140. The van der Waals surface area contributed by atoms with Crippen LogP contribution in [0.3, 0.4) is 0 Å². The van der Waals surface area contributed by atoms with E-state index < -0.39 is 56.3 Å². The van der Waals surface area contributed by atoms with Crippen molar-refractivity contribution in [2.24, 2.45) is 0 Å². The van der Waals surface area contributed by atoms with Gasteiger partial charge in [-0.2, -0.15) is 0 Å². The number of esters is 2. The van der Waals surface area contributed by atoms with Gasteiger partial charge in [-0.1, -0.05) is 140 Å². The third kappa shape index (κ3) is 15.2. The van der Waals surface area contributed by atoms with E-state index in [1.807, 2.05) is 44.2 Å². The molecule has 1 saturated heterocycles. The summed E-state index contributed by atoms with van der Waals surface area (Å²) < 4.78 is 62.5. The fraction of sp³-hybridized carbons (Fsp3) is 0.562. The Hall–Kier alpha value is -4.11. The second kappa shape index (κ2) is 26.1. The van der Waals surface area contributed by atoms with Crippen molar-refractivity contribution in [1.29, 1.82) is 0 Å². The van der Waals surface area contributed by atoms with Crippen molar-refractivity contribution in [2.75, 3.05) is 6.61 Å². The smallest absolute Gasteiger partial charge is 0.0654 e. The molecule has 13 nitrogen and oxygen atoms in total. The molecule has 64 heavy (non-hydrogen) atoms. The van der Waals surface area contributed by atoms with Gasteiger partial charge in [-0.15, -0.1) is 0 Å². The molecule has 0 spiro atoms. The number of para-hydroxylation sites is 1. The molecule has 1 unspecified atom stereocenters. The van der Waals surface area contributed by atoms with Crippen LogP contribution in [0, 0.1) is 18.4 Å². The fourth-order valence-corrected chi connectivity index (χ4v) is 9.88. The molecule has 0 saturated carbocycles. The molecular weight excluding hydrogens is 899 g/mol. The quantitative estimate of drug-likeness (QED) is 0.0138. The molecule has 1 N–H and O–H groups in total. The molecule has 2 radical (unpaired) electrons. The molecule has 4 aromatic rings. The minimum Gasteiger partial charge on any atom is -0.0654 e. The van der Waals surface area contributed by atoms with Gasteiger partial charge in [0.05, 0.1) is 0 Å². The summed E-state index contributed by atoms with van der Waals surface area (Å²) in [5.41, 5.74) is -0.602. The number of unbranched alkanes of at least 4 members (excludes halogenated alkanes) is 10. The molecule has 16 heteroatoms. The van der Waals surface area contributed by atoms with Gasteiger partial charge in [0.15, 0.2) is 0 Å². The average molecular weight is 964 g/mol. The van der Waals surface area contributed by atoms with Crippen LogP contribution >= 0.6 is 7.75 Å². The van der Waals surface area contributed by atoms with E-state index in [9.17, 15) is 14.0 Å². The third-order valence-electron chi connectivity index (χ3n) is 11.3. The van der Waals surface area contributed by atoms with Crippen molar-refractivity contribution < 1.29 is 41.8 Å². The monoisotopic (exact) mass is 963 g/mol. The summed E-state index contributed by atoms with van der Waals surface area (Å²) in [6, 6.07) is 16.5. The van der Waals surface area contributed by atoms with Crippen molar-refractivity contribution in [3.05, 3.63) is 78.6 Å². The second-order valence-corrected chi connectivity index (χ2v) is 19.0. The van der Waals surface area contributed by atoms with E-state index in [4.69, 9.17) is 29.7 Å². The zero-order valence-corrected chi connectivity index (χ0v) is 40.3. The Morgan fingerprint density at radius 1 is 0.938 bits per heavy atom. The number of imidazole rings is 1. The number of nitrogens with one attached hydrogen (secondary N) is 1. The van der Waals surface area contributed by atoms with Crippen molar-refractivity contribution in [2.45, 2.75) is 166 Å². The number of terminal acetylenes is 1. The molecule has 0 bridgehead atoms. The molecule has 5 rings (SSSR count).